The maximum absolute atomic E-state index is 8.59. The molecule has 4 heteroatoms. The molecular weight excluding hydrogens is 207 g/mol. The summed E-state index contributed by atoms with van der Waals surface area (Å²) in [7, 11) is 0. The minimum Gasteiger partial charge on any atom is -0.313 e. The van der Waals surface area contributed by atoms with E-state index < -0.39 is 10.4 Å². The molecule has 0 aliphatic rings. The summed E-state index contributed by atoms with van der Waals surface area (Å²) in [6.45, 7) is 0. The first-order chi connectivity index (χ1) is 6.09. The van der Waals surface area contributed by atoms with Crippen molar-refractivity contribution in [3.63, 3.8) is 0 Å². The van der Waals surface area contributed by atoms with Gasteiger partial charge in [0.05, 0.1) is 6.07 Å². The van der Waals surface area contributed by atoms with Crippen LogP contribution in [0.5, 0.6) is 0 Å². The van der Waals surface area contributed by atoms with Crippen LogP contribution in [0.25, 0.3) is 0 Å². The van der Waals surface area contributed by atoms with Crippen LogP contribution in [0.1, 0.15) is 5.56 Å². The van der Waals surface area contributed by atoms with E-state index >= 15 is 0 Å². The number of nitriles is 1. The number of halogens is 2. The lowest BCUT2D eigenvalue weighted by atomic mass is 10.1. The summed E-state index contributed by atoms with van der Waals surface area (Å²) in [4.78, 5) is 0. The molecule has 0 aliphatic carbocycles. The molecule has 68 valence electrons. The smallest absolute Gasteiger partial charge is 0.171 e. The molecule has 0 heterocycles. The van der Waals surface area contributed by atoms with Gasteiger partial charge < -0.3 is 5.73 Å². The highest BCUT2D eigenvalue weighted by molar-refractivity contribution is 6.48. The van der Waals surface area contributed by atoms with E-state index in [-0.39, 0.29) is 0 Å². The fourth-order valence-electron chi connectivity index (χ4n) is 0.921. The molecule has 1 rings (SSSR count). The number of benzene rings is 1. The first-order valence-electron chi connectivity index (χ1n) is 3.67. The minimum absolute atomic E-state index is 0.632. The number of alkyl halides is 2. The van der Waals surface area contributed by atoms with Crippen molar-refractivity contribution in [1.29, 1.82) is 5.26 Å². The third-order valence-corrected chi connectivity index (χ3v) is 2.59. The lowest BCUT2D eigenvalue weighted by Crippen LogP contribution is -2.35. The zero-order chi connectivity index (χ0) is 9.90. The van der Waals surface area contributed by atoms with E-state index in [1.807, 2.05) is 12.1 Å². The number of nitrogens with zero attached hydrogens (tertiary/aromatic N) is 1. The Bertz CT molecular complexity index is 316. The molecule has 0 aliphatic heterocycles. The van der Waals surface area contributed by atoms with Gasteiger partial charge in [-0.05, 0) is 5.56 Å². The van der Waals surface area contributed by atoms with Gasteiger partial charge in [-0.1, -0.05) is 53.5 Å². The van der Waals surface area contributed by atoms with Gasteiger partial charge in [-0.15, -0.1) is 0 Å². The third-order valence-electron chi connectivity index (χ3n) is 1.69. The Balaban J connectivity index is 3.02. The van der Waals surface area contributed by atoms with Gasteiger partial charge in [0.25, 0.3) is 0 Å². The van der Waals surface area contributed by atoms with Crippen LogP contribution in [0.15, 0.2) is 30.3 Å². The highest BCUT2D eigenvalue weighted by Crippen LogP contribution is 2.35. The topological polar surface area (TPSA) is 49.8 Å². The van der Waals surface area contributed by atoms with Crippen molar-refractivity contribution < 1.29 is 0 Å². The normalized spacial score (nSPS) is 13.4. The Labute approximate surface area is 86.9 Å². The van der Waals surface area contributed by atoms with E-state index in [1.165, 1.54) is 0 Å². The van der Waals surface area contributed by atoms with Crippen LogP contribution in [-0.2, 0) is 4.33 Å². The second kappa shape index (κ2) is 3.97. The van der Waals surface area contributed by atoms with Crippen molar-refractivity contribution in [3.8, 4) is 6.07 Å². The Morgan fingerprint density at radius 3 is 2.31 bits per heavy atom. The van der Waals surface area contributed by atoms with Crippen LogP contribution in [0.4, 0.5) is 0 Å². The molecule has 2 N–H and O–H groups in total. The van der Waals surface area contributed by atoms with Gasteiger partial charge in [0.2, 0.25) is 0 Å². The molecular formula is C9H8Cl2N2. The monoisotopic (exact) mass is 214 g/mol. The third kappa shape index (κ3) is 2.13. The van der Waals surface area contributed by atoms with E-state index in [0.29, 0.717) is 5.56 Å². The molecule has 0 fully saturated rings. The van der Waals surface area contributed by atoms with Crippen molar-refractivity contribution >= 4 is 23.2 Å². The van der Waals surface area contributed by atoms with E-state index in [4.69, 9.17) is 34.2 Å². The van der Waals surface area contributed by atoms with Gasteiger partial charge in [-0.2, -0.15) is 5.26 Å². The summed E-state index contributed by atoms with van der Waals surface area (Å²) in [5.41, 5.74) is 6.09. The summed E-state index contributed by atoms with van der Waals surface area (Å²) in [5.74, 6) is 0. The van der Waals surface area contributed by atoms with E-state index in [1.54, 1.807) is 24.3 Å². The molecule has 1 aromatic rings. The highest BCUT2D eigenvalue weighted by atomic mass is 35.5. The fourth-order valence-corrected chi connectivity index (χ4v) is 1.27. The quantitative estimate of drug-likeness (QED) is 0.768. The van der Waals surface area contributed by atoms with Gasteiger partial charge >= 0.3 is 0 Å². The predicted octanol–water partition coefficient (Wildman–Crippen LogP) is 2.17. The van der Waals surface area contributed by atoms with Crippen molar-refractivity contribution in [2.75, 3.05) is 0 Å². The summed E-state index contributed by atoms with van der Waals surface area (Å²) in [6.07, 6.45) is 0. The molecule has 2 nitrogen and oxygen atoms in total. The van der Waals surface area contributed by atoms with Gasteiger partial charge in [-0.3, -0.25) is 0 Å². The Kier molecular flexibility index (Phi) is 3.16. The molecule has 0 bridgehead atoms. The van der Waals surface area contributed by atoms with Crippen LogP contribution in [-0.4, -0.2) is 6.04 Å². The first-order valence-corrected chi connectivity index (χ1v) is 4.43. The van der Waals surface area contributed by atoms with Crippen molar-refractivity contribution in [3.05, 3.63) is 35.9 Å². The summed E-state index contributed by atoms with van der Waals surface area (Å²) in [5, 5.41) is 8.59. The van der Waals surface area contributed by atoms with Gasteiger partial charge in [0, 0.05) is 0 Å². The van der Waals surface area contributed by atoms with Crippen LogP contribution < -0.4 is 5.73 Å². The lowest BCUT2D eigenvalue weighted by molar-refractivity contribution is 0.729. The van der Waals surface area contributed by atoms with E-state index in [0.717, 1.165) is 0 Å². The molecule has 0 radical (unpaired) electrons. The fraction of sp³-hybridized carbons (Fsp3) is 0.222. The lowest BCUT2D eigenvalue weighted by Gasteiger charge is -2.21. The predicted molar refractivity (Wildman–Crippen MR) is 53.4 cm³/mol. The second-order valence-electron chi connectivity index (χ2n) is 2.60. The van der Waals surface area contributed by atoms with Gasteiger partial charge in [0.15, 0.2) is 4.33 Å². The van der Waals surface area contributed by atoms with Crippen LogP contribution >= 0.6 is 23.2 Å². The maximum atomic E-state index is 8.59. The van der Waals surface area contributed by atoms with Gasteiger partial charge in [-0.25, -0.2) is 0 Å². The van der Waals surface area contributed by atoms with Crippen molar-refractivity contribution in [1.82, 2.24) is 0 Å². The van der Waals surface area contributed by atoms with Crippen LogP contribution in [0.3, 0.4) is 0 Å². The highest BCUT2D eigenvalue weighted by Gasteiger charge is 2.34. The average Bonchev–Trinajstić information content (AvgIpc) is 2.18. The van der Waals surface area contributed by atoms with Crippen LogP contribution in [0, 0.1) is 11.3 Å². The molecule has 0 saturated carbocycles. The Morgan fingerprint density at radius 2 is 1.85 bits per heavy atom. The number of hydrogen-bond donors (Lipinski definition) is 1. The van der Waals surface area contributed by atoms with Crippen molar-refractivity contribution in [2.24, 2.45) is 5.73 Å². The number of rotatable bonds is 2. The molecule has 13 heavy (non-hydrogen) atoms. The molecule has 0 saturated heterocycles. The minimum atomic E-state index is -1.34. The average molecular weight is 215 g/mol. The zero-order valence-corrected chi connectivity index (χ0v) is 8.26. The molecule has 1 unspecified atom stereocenters. The number of nitrogens with two attached hydrogens (primary N) is 1. The largest absolute Gasteiger partial charge is 0.313 e. The molecule has 1 atom stereocenters. The Morgan fingerprint density at radius 1 is 1.31 bits per heavy atom. The van der Waals surface area contributed by atoms with E-state index in [9.17, 15) is 0 Å². The zero-order valence-electron chi connectivity index (χ0n) is 6.74. The Hall–Kier alpha value is -0.750. The molecule has 0 aromatic heterocycles. The first kappa shape index (κ1) is 10.3. The summed E-state index contributed by atoms with van der Waals surface area (Å²) >= 11 is 11.9. The number of hydrogen-bond acceptors (Lipinski definition) is 2. The SMILES string of the molecule is N#CC(N)C(Cl)(Cl)c1ccccc1. The maximum Gasteiger partial charge on any atom is 0.171 e. The molecule has 0 spiro atoms. The molecule has 0 amide bonds. The second-order valence-corrected chi connectivity index (χ2v) is 3.98. The summed E-state index contributed by atoms with van der Waals surface area (Å²) in [6, 6.07) is 9.77. The summed E-state index contributed by atoms with van der Waals surface area (Å²) < 4.78 is -1.34. The van der Waals surface area contributed by atoms with Crippen LogP contribution in [0.2, 0.25) is 0 Å². The van der Waals surface area contributed by atoms with Crippen molar-refractivity contribution in [2.45, 2.75) is 10.4 Å². The molecule has 1 aromatic carbocycles. The standard InChI is InChI=1S/C9H8Cl2N2/c10-9(11,8(13)6-12)7-4-2-1-3-5-7/h1-5,8H,13H2. The van der Waals surface area contributed by atoms with Gasteiger partial charge in [0.1, 0.15) is 6.04 Å². The van der Waals surface area contributed by atoms with E-state index in [2.05, 4.69) is 0 Å².